The second-order valence-corrected chi connectivity index (χ2v) is 9.81. The maximum atomic E-state index is 13.1. The summed E-state index contributed by atoms with van der Waals surface area (Å²) in [5, 5.41) is 0. The molecule has 1 N–H and O–H groups in total. The summed E-state index contributed by atoms with van der Waals surface area (Å²) < 4.78 is 112. The predicted octanol–water partition coefficient (Wildman–Crippen LogP) is 7.32. The van der Waals surface area contributed by atoms with Crippen molar-refractivity contribution < 1.29 is 48.8 Å². The highest BCUT2D eigenvalue weighted by molar-refractivity contribution is 7.85. The number of carbonyl (C=O) groups excluding carboxylic acids is 1. The Morgan fingerprint density at radius 2 is 1.18 bits per heavy atom. The van der Waals surface area contributed by atoms with Gasteiger partial charge in [-0.2, -0.15) is 34.8 Å². The Kier molecular flexibility index (Phi) is 15.0. The van der Waals surface area contributed by atoms with Gasteiger partial charge in [-0.25, -0.2) is 0 Å². The van der Waals surface area contributed by atoms with Crippen LogP contribution in [-0.2, 0) is 19.6 Å². The van der Waals surface area contributed by atoms with Crippen LogP contribution in [-0.4, -0.2) is 42.6 Å². The molecule has 34 heavy (non-hydrogen) atoms. The Labute approximate surface area is 198 Å². The van der Waals surface area contributed by atoms with Crippen LogP contribution in [0.2, 0.25) is 0 Å². The first kappa shape index (κ1) is 32.7. The molecule has 0 rings (SSSR count). The van der Waals surface area contributed by atoms with Gasteiger partial charge < -0.3 is 4.74 Å². The molecule has 0 aromatic rings. The number of unbranched alkanes of at least 4 members (excludes halogenated alkanes) is 11. The molecule has 12 heteroatoms. The summed E-state index contributed by atoms with van der Waals surface area (Å²) in [5.41, 5.74) is -5.33. The average molecular weight is 527 g/mol. The van der Waals surface area contributed by atoms with Crippen LogP contribution in [0.25, 0.3) is 0 Å². The molecule has 0 aliphatic rings. The van der Waals surface area contributed by atoms with Gasteiger partial charge in [0.25, 0.3) is 10.1 Å². The molecule has 5 nitrogen and oxygen atoms in total. The quantitative estimate of drug-likeness (QED) is 0.0666. The number of halogens is 6. The van der Waals surface area contributed by atoms with E-state index in [-0.39, 0.29) is 6.42 Å². The first-order chi connectivity index (χ1) is 15.7. The summed E-state index contributed by atoms with van der Waals surface area (Å²) in [5.74, 6) is -4.69. The summed E-state index contributed by atoms with van der Waals surface area (Å²) in [4.78, 5) is 11.7. The molecule has 0 unspecified atom stereocenters. The molecule has 202 valence electrons. The Balaban J connectivity index is 4.28. The first-order valence-corrected chi connectivity index (χ1v) is 13.2. The summed E-state index contributed by atoms with van der Waals surface area (Å²) in [6.45, 7) is 2.17. The van der Waals surface area contributed by atoms with Gasteiger partial charge in [-0.15, -0.1) is 0 Å². The third-order valence-electron chi connectivity index (χ3n) is 5.23. The second kappa shape index (κ2) is 15.6. The first-order valence-electron chi connectivity index (χ1n) is 11.6. The van der Waals surface area contributed by atoms with E-state index in [1.54, 1.807) is 0 Å². The third kappa shape index (κ3) is 13.6. The zero-order valence-corrected chi connectivity index (χ0v) is 20.3. The lowest BCUT2D eigenvalue weighted by molar-refractivity contribution is -0.361. The largest absolute Gasteiger partial charge is 0.438 e. The van der Waals surface area contributed by atoms with Crippen LogP contribution in [0.3, 0.4) is 0 Å². The van der Waals surface area contributed by atoms with E-state index in [0.717, 1.165) is 32.1 Å². The number of hydrogen-bond donors (Lipinski definition) is 1. The van der Waals surface area contributed by atoms with Crippen molar-refractivity contribution in [3.05, 3.63) is 12.2 Å². The van der Waals surface area contributed by atoms with Crippen molar-refractivity contribution in [2.45, 2.75) is 115 Å². The Morgan fingerprint density at radius 3 is 1.59 bits per heavy atom. The summed E-state index contributed by atoms with van der Waals surface area (Å²) in [6, 6.07) is 0. The van der Waals surface area contributed by atoms with E-state index in [1.807, 2.05) is 0 Å². The van der Waals surface area contributed by atoms with Crippen molar-refractivity contribution in [1.29, 1.82) is 0 Å². The van der Waals surface area contributed by atoms with Crippen molar-refractivity contribution in [2.24, 2.45) is 0 Å². The highest BCUT2D eigenvalue weighted by Crippen LogP contribution is 2.47. The van der Waals surface area contributed by atoms with Crippen molar-refractivity contribution >= 4 is 16.1 Å². The van der Waals surface area contributed by atoms with Gasteiger partial charge in [0.15, 0.2) is 0 Å². The molecule has 0 radical (unpaired) electrons. The normalized spacial score (nSPS) is 13.5. The van der Waals surface area contributed by atoms with Crippen LogP contribution in [0.1, 0.15) is 96.8 Å². The van der Waals surface area contributed by atoms with Crippen LogP contribution in [0.5, 0.6) is 0 Å². The lowest BCUT2D eigenvalue weighted by atomic mass is 10.0. The predicted molar refractivity (Wildman–Crippen MR) is 117 cm³/mol. The molecular formula is C22H36F6O5S. The van der Waals surface area contributed by atoms with Crippen LogP contribution in [0.15, 0.2) is 12.2 Å². The minimum absolute atomic E-state index is 0.00955. The van der Waals surface area contributed by atoms with Gasteiger partial charge >= 0.3 is 23.9 Å². The minimum atomic E-state index is -6.29. The molecule has 0 fully saturated rings. The molecule has 0 spiro atoms. The van der Waals surface area contributed by atoms with Crippen molar-refractivity contribution in [2.75, 3.05) is 5.75 Å². The molecule has 0 atom stereocenters. The molecule has 0 amide bonds. The molecule has 0 saturated heterocycles. The van der Waals surface area contributed by atoms with E-state index in [9.17, 15) is 39.6 Å². The highest BCUT2D eigenvalue weighted by Gasteiger charge is 2.75. The van der Waals surface area contributed by atoms with Gasteiger partial charge in [0.05, 0.1) is 0 Å². The zero-order valence-electron chi connectivity index (χ0n) is 19.5. The number of hydrogen-bond acceptors (Lipinski definition) is 4. The van der Waals surface area contributed by atoms with Gasteiger partial charge in [-0.1, -0.05) is 70.4 Å². The lowest BCUT2D eigenvalue weighted by Crippen LogP contribution is -2.63. The summed E-state index contributed by atoms with van der Waals surface area (Å²) >= 11 is 0. The van der Waals surface area contributed by atoms with Gasteiger partial charge in [0, 0.05) is 6.42 Å². The second-order valence-electron chi connectivity index (χ2n) is 8.36. The maximum Gasteiger partial charge on any atom is 0.438 e. The van der Waals surface area contributed by atoms with Crippen molar-refractivity contribution in [1.82, 2.24) is 0 Å². The topological polar surface area (TPSA) is 80.7 Å². The zero-order chi connectivity index (χ0) is 26.3. The fourth-order valence-corrected chi connectivity index (χ4v) is 4.21. The van der Waals surface area contributed by atoms with Crippen LogP contribution < -0.4 is 0 Å². The van der Waals surface area contributed by atoms with E-state index >= 15 is 0 Å². The van der Waals surface area contributed by atoms with Crippen LogP contribution >= 0.6 is 0 Å². The van der Waals surface area contributed by atoms with E-state index in [0.29, 0.717) is 12.8 Å². The van der Waals surface area contributed by atoms with E-state index < -0.39 is 46.2 Å². The van der Waals surface area contributed by atoms with Crippen molar-refractivity contribution in [3.63, 3.8) is 0 Å². The van der Waals surface area contributed by atoms with Crippen LogP contribution in [0, 0.1) is 0 Å². The molecule has 0 heterocycles. The Morgan fingerprint density at radius 1 is 0.765 bits per heavy atom. The molecule has 0 aromatic heterocycles. The minimum Gasteiger partial charge on any atom is -0.438 e. The molecule has 0 aliphatic carbocycles. The molecular weight excluding hydrogens is 490 g/mol. The van der Waals surface area contributed by atoms with Gasteiger partial charge in [-0.3, -0.25) is 9.35 Å². The van der Waals surface area contributed by atoms with Gasteiger partial charge in [-0.05, 0) is 32.1 Å². The highest BCUT2D eigenvalue weighted by atomic mass is 32.2. The van der Waals surface area contributed by atoms with E-state index in [4.69, 9.17) is 4.55 Å². The Hall–Kier alpha value is -1.30. The van der Waals surface area contributed by atoms with E-state index in [2.05, 4.69) is 23.8 Å². The molecule has 0 saturated carbocycles. The lowest BCUT2D eigenvalue weighted by Gasteiger charge is -2.35. The SMILES string of the molecule is CCCCCCCC/C=C/CCCCCCCC(=O)OC(CS(=O)(=O)O)(C(F)(F)F)C(F)(F)F. The van der Waals surface area contributed by atoms with E-state index in [1.165, 1.54) is 32.1 Å². The summed E-state index contributed by atoms with van der Waals surface area (Å²) in [7, 11) is -5.77. The number of alkyl halides is 6. The molecule has 0 aromatic carbocycles. The number of esters is 1. The van der Waals surface area contributed by atoms with Crippen molar-refractivity contribution in [3.8, 4) is 0 Å². The fourth-order valence-electron chi connectivity index (χ4n) is 3.31. The number of carbonyl (C=O) groups is 1. The molecule has 0 aliphatic heterocycles. The molecule has 0 bridgehead atoms. The smallest absolute Gasteiger partial charge is 0.438 e. The number of ether oxygens (including phenoxy) is 1. The average Bonchev–Trinajstić information content (AvgIpc) is 2.67. The van der Waals surface area contributed by atoms with Crippen LogP contribution in [0.4, 0.5) is 26.3 Å². The Bertz CT molecular complexity index is 688. The van der Waals surface area contributed by atoms with Gasteiger partial charge in [0.2, 0.25) is 0 Å². The summed E-state index contributed by atoms with van der Waals surface area (Å²) in [6.07, 6.45) is 2.86. The maximum absolute atomic E-state index is 13.1. The fraction of sp³-hybridized carbons (Fsp3) is 0.864. The standard InChI is InChI=1S/C22H36F6O5S/c1-2-3-4-5-6-7-8-9-10-11-12-13-14-15-16-17-19(29)33-20(21(23,24)25,22(26,27)28)18-34(30,31)32/h9-10H,2-8,11-18H2,1H3,(H,30,31,32)/b10-9+. The number of rotatable bonds is 18. The third-order valence-corrected chi connectivity index (χ3v) is 6.00. The number of allylic oxidation sites excluding steroid dienone is 2. The monoisotopic (exact) mass is 526 g/mol. The van der Waals surface area contributed by atoms with Gasteiger partial charge in [0.1, 0.15) is 5.75 Å².